The third-order valence-electron chi connectivity index (χ3n) is 2.60. The zero-order valence-electron chi connectivity index (χ0n) is 10.8. The Hall–Kier alpha value is -2.31. The largest absolute Gasteiger partial charge is 0.480 e. The van der Waals surface area contributed by atoms with Gasteiger partial charge in [-0.3, -0.25) is 10.1 Å². The summed E-state index contributed by atoms with van der Waals surface area (Å²) in [4.78, 5) is 21.9. The van der Waals surface area contributed by atoms with E-state index in [-0.39, 0.29) is 29.4 Å². The van der Waals surface area contributed by atoms with Gasteiger partial charge in [-0.25, -0.2) is 4.79 Å². The van der Waals surface area contributed by atoms with Gasteiger partial charge in [-0.2, -0.15) is 0 Å². The maximum Gasteiger partial charge on any atom is 0.338 e. The molecule has 0 saturated carbocycles. The van der Waals surface area contributed by atoms with Gasteiger partial charge >= 0.3 is 11.7 Å². The molecule has 1 heterocycles. The van der Waals surface area contributed by atoms with Crippen molar-refractivity contribution in [2.75, 3.05) is 13.7 Å². The average Bonchev–Trinajstić information content (AvgIpc) is 2.34. The summed E-state index contributed by atoms with van der Waals surface area (Å²) in [5.74, 6) is -0.458. The van der Waals surface area contributed by atoms with Crippen molar-refractivity contribution in [2.45, 2.75) is 19.4 Å². The Morgan fingerprint density at radius 3 is 2.74 bits per heavy atom. The molecule has 1 aliphatic heterocycles. The lowest BCUT2D eigenvalue weighted by Gasteiger charge is -2.32. The molecule has 0 atom stereocenters. The van der Waals surface area contributed by atoms with Crippen LogP contribution in [0.15, 0.2) is 12.1 Å². The van der Waals surface area contributed by atoms with Crippen LogP contribution in [-0.2, 0) is 4.74 Å². The molecule has 0 saturated heterocycles. The average molecular weight is 267 g/mol. The van der Waals surface area contributed by atoms with Gasteiger partial charge in [-0.1, -0.05) is 0 Å². The summed E-state index contributed by atoms with van der Waals surface area (Å²) < 4.78 is 15.5. The number of nitrogens with zero attached hydrogens (tertiary/aromatic N) is 1. The molecule has 7 nitrogen and oxygen atoms in total. The first-order valence-electron chi connectivity index (χ1n) is 5.56. The van der Waals surface area contributed by atoms with Crippen LogP contribution in [0.3, 0.4) is 0 Å². The molecule has 0 spiro atoms. The molecule has 102 valence electrons. The zero-order valence-corrected chi connectivity index (χ0v) is 10.8. The summed E-state index contributed by atoms with van der Waals surface area (Å²) in [5, 5.41) is 11.0. The van der Waals surface area contributed by atoms with Crippen LogP contribution in [0.2, 0.25) is 0 Å². The summed E-state index contributed by atoms with van der Waals surface area (Å²) in [5.41, 5.74) is -0.877. The molecule has 0 fully saturated rings. The Morgan fingerprint density at radius 2 is 2.16 bits per heavy atom. The molecule has 1 aliphatic rings. The van der Waals surface area contributed by atoms with Crippen LogP contribution in [0.1, 0.15) is 24.2 Å². The van der Waals surface area contributed by atoms with Gasteiger partial charge in [0.15, 0.2) is 5.75 Å². The molecule has 0 bridgehead atoms. The molecule has 0 aromatic heterocycles. The molecular formula is C12H13NO6. The van der Waals surface area contributed by atoms with Crippen LogP contribution in [0.5, 0.6) is 11.5 Å². The van der Waals surface area contributed by atoms with Crippen molar-refractivity contribution < 1.29 is 23.9 Å². The predicted molar refractivity (Wildman–Crippen MR) is 64.6 cm³/mol. The Morgan fingerprint density at radius 1 is 1.47 bits per heavy atom. The summed E-state index contributed by atoms with van der Waals surface area (Å²) >= 11 is 0. The number of esters is 1. The minimum absolute atomic E-state index is 0.0389. The minimum Gasteiger partial charge on any atom is -0.480 e. The Labute approximate surface area is 109 Å². The first-order valence-corrected chi connectivity index (χ1v) is 5.56. The topological polar surface area (TPSA) is 87.9 Å². The van der Waals surface area contributed by atoms with E-state index in [9.17, 15) is 14.9 Å². The SMILES string of the molecule is COC(=O)c1cc2c(c([N+](=O)[O-])c1)OCC(C)(C)O2. The van der Waals surface area contributed by atoms with Gasteiger partial charge in [-0.05, 0) is 19.9 Å². The van der Waals surface area contributed by atoms with Gasteiger partial charge in [0, 0.05) is 6.07 Å². The highest BCUT2D eigenvalue weighted by atomic mass is 16.6. The first kappa shape index (κ1) is 13.1. The lowest BCUT2D eigenvalue weighted by Crippen LogP contribution is -2.39. The smallest absolute Gasteiger partial charge is 0.338 e. The molecule has 0 radical (unpaired) electrons. The summed E-state index contributed by atoms with van der Waals surface area (Å²) in [6, 6.07) is 2.50. The molecule has 1 aromatic rings. The second-order valence-electron chi connectivity index (χ2n) is 4.72. The van der Waals surface area contributed by atoms with Crippen LogP contribution in [0.25, 0.3) is 0 Å². The van der Waals surface area contributed by atoms with Crippen molar-refractivity contribution in [1.29, 1.82) is 0 Å². The van der Waals surface area contributed by atoms with E-state index in [0.29, 0.717) is 0 Å². The van der Waals surface area contributed by atoms with Gasteiger partial charge in [-0.15, -0.1) is 0 Å². The van der Waals surface area contributed by atoms with Crippen molar-refractivity contribution >= 4 is 11.7 Å². The number of nitro benzene ring substituents is 1. The highest BCUT2D eigenvalue weighted by Gasteiger charge is 2.34. The number of ether oxygens (including phenoxy) is 3. The zero-order chi connectivity index (χ0) is 14.2. The standard InChI is InChI=1S/C12H13NO6/c1-12(2)6-18-10-8(13(15)16)4-7(11(14)17-3)5-9(10)19-12/h4-5H,6H2,1-3H3. The van der Waals surface area contributed by atoms with Crippen LogP contribution in [-0.4, -0.2) is 30.2 Å². The van der Waals surface area contributed by atoms with Gasteiger partial charge in [0.2, 0.25) is 5.75 Å². The molecule has 2 rings (SSSR count). The van der Waals surface area contributed by atoms with E-state index >= 15 is 0 Å². The van der Waals surface area contributed by atoms with E-state index in [4.69, 9.17) is 9.47 Å². The second-order valence-corrected chi connectivity index (χ2v) is 4.72. The number of benzene rings is 1. The normalized spacial score (nSPS) is 15.7. The molecule has 0 N–H and O–H groups in total. The third-order valence-corrected chi connectivity index (χ3v) is 2.60. The number of carbonyl (C=O) groups is 1. The summed E-state index contributed by atoms with van der Waals surface area (Å²) in [6.07, 6.45) is 0. The second kappa shape index (κ2) is 4.42. The van der Waals surface area contributed by atoms with Gasteiger partial charge in [0.25, 0.3) is 0 Å². The van der Waals surface area contributed by atoms with Crippen molar-refractivity contribution in [2.24, 2.45) is 0 Å². The molecule has 7 heteroatoms. The number of fused-ring (bicyclic) bond motifs is 1. The quantitative estimate of drug-likeness (QED) is 0.462. The molecule has 0 amide bonds. The van der Waals surface area contributed by atoms with Crippen LogP contribution < -0.4 is 9.47 Å². The Balaban J connectivity index is 2.57. The maximum absolute atomic E-state index is 11.5. The number of nitro groups is 1. The molecule has 0 unspecified atom stereocenters. The Kier molecular flexibility index (Phi) is 3.05. The number of carbonyl (C=O) groups excluding carboxylic acids is 1. The number of rotatable bonds is 2. The molecule has 19 heavy (non-hydrogen) atoms. The van der Waals surface area contributed by atoms with E-state index in [0.717, 1.165) is 6.07 Å². The fourth-order valence-electron chi connectivity index (χ4n) is 1.75. The van der Waals surface area contributed by atoms with Crippen LogP contribution >= 0.6 is 0 Å². The molecule has 0 aliphatic carbocycles. The van der Waals surface area contributed by atoms with Crippen LogP contribution in [0.4, 0.5) is 5.69 Å². The van der Waals surface area contributed by atoms with Gasteiger partial charge < -0.3 is 14.2 Å². The van der Waals surface area contributed by atoms with E-state index < -0.39 is 16.5 Å². The lowest BCUT2D eigenvalue weighted by atomic mass is 10.1. The predicted octanol–water partition coefficient (Wildman–Crippen LogP) is 1.93. The lowest BCUT2D eigenvalue weighted by molar-refractivity contribution is -0.386. The minimum atomic E-state index is -0.669. The molecular weight excluding hydrogens is 254 g/mol. The fourth-order valence-corrected chi connectivity index (χ4v) is 1.75. The first-order chi connectivity index (χ1) is 8.84. The van der Waals surface area contributed by atoms with E-state index in [2.05, 4.69) is 4.74 Å². The fraction of sp³-hybridized carbons (Fsp3) is 0.417. The van der Waals surface area contributed by atoms with Crippen molar-refractivity contribution in [3.8, 4) is 11.5 Å². The monoisotopic (exact) mass is 267 g/mol. The highest BCUT2D eigenvalue weighted by molar-refractivity contribution is 5.91. The van der Waals surface area contributed by atoms with Gasteiger partial charge in [0.05, 0.1) is 17.6 Å². The van der Waals surface area contributed by atoms with E-state index in [1.165, 1.54) is 13.2 Å². The molecule has 1 aromatic carbocycles. The summed E-state index contributed by atoms with van der Waals surface area (Å²) in [6.45, 7) is 3.76. The van der Waals surface area contributed by atoms with Crippen molar-refractivity contribution in [3.63, 3.8) is 0 Å². The number of hydrogen-bond donors (Lipinski definition) is 0. The van der Waals surface area contributed by atoms with E-state index in [1.54, 1.807) is 13.8 Å². The summed E-state index contributed by atoms with van der Waals surface area (Å²) in [7, 11) is 1.20. The van der Waals surface area contributed by atoms with Crippen molar-refractivity contribution in [1.82, 2.24) is 0 Å². The van der Waals surface area contributed by atoms with Gasteiger partial charge in [0.1, 0.15) is 12.2 Å². The van der Waals surface area contributed by atoms with Crippen LogP contribution in [0, 0.1) is 10.1 Å². The number of hydrogen-bond acceptors (Lipinski definition) is 6. The highest BCUT2D eigenvalue weighted by Crippen LogP contribution is 2.43. The Bertz CT molecular complexity index is 551. The third kappa shape index (κ3) is 2.44. The van der Waals surface area contributed by atoms with Crippen molar-refractivity contribution in [3.05, 3.63) is 27.8 Å². The maximum atomic E-state index is 11.5. The van der Waals surface area contributed by atoms with E-state index in [1.807, 2.05) is 0 Å². The number of methoxy groups -OCH3 is 1.